The largest absolute Gasteiger partial charge is 0.508 e. The third-order valence-electron chi connectivity index (χ3n) is 7.33. The molecule has 2 rings (SSSR count). The fourth-order valence-electron chi connectivity index (χ4n) is 3.77. The highest BCUT2D eigenvalue weighted by Crippen LogP contribution is 2.38. The zero-order chi connectivity index (χ0) is 33.8. The molecule has 248 valence electrons. The highest BCUT2D eigenvalue weighted by atomic mass is 32.2. The second-order valence-electron chi connectivity index (χ2n) is 11.7. The molecule has 16 heteroatoms. The van der Waals surface area contributed by atoms with Gasteiger partial charge in [-0.3, -0.25) is 0 Å². The van der Waals surface area contributed by atoms with Gasteiger partial charge in [0, 0.05) is 11.8 Å². The summed E-state index contributed by atoms with van der Waals surface area (Å²) in [5.41, 5.74) is 2.75. The minimum Gasteiger partial charge on any atom is -0.434 e. The first-order valence-electron chi connectivity index (χ1n) is 14.0. The Kier molecular flexibility index (Phi) is 13.5. The van der Waals surface area contributed by atoms with Gasteiger partial charge in [-0.1, -0.05) is 63.2 Å². The zero-order valence-corrected chi connectivity index (χ0v) is 28.0. The summed E-state index contributed by atoms with van der Waals surface area (Å²) in [6.07, 6.45) is -1.14. The van der Waals surface area contributed by atoms with Crippen molar-refractivity contribution in [3.8, 4) is 0 Å². The number of hydrogen-bond acceptors (Lipinski definition) is 12. The first-order valence-corrected chi connectivity index (χ1v) is 18.8. The van der Waals surface area contributed by atoms with E-state index in [4.69, 9.17) is 13.9 Å². The topological polar surface area (TPSA) is 184 Å². The first-order chi connectivity index (χ1) is 20.9. The third-order valence-corrected chi connectivity index (χ3v) is 12.9. The van der Waals surface area contributed by atoms with Crippen molar-refractivity contribution in [2.75, 3.05) is 32.7 Å². The van der Waals surface area contributed by atoms with Gasteiger partial charge in [0.2, 0.25) is 0 Å². The van der Waals surface area contributed by atoms with Crippen molar-refractivity contribution in [2.24, 2.45) is 0 Å². The molecule has 0 aliphatic carbocycles. The van der Waals surface area contributed by atoms with Crippen LogP contribution in [0.3, 0.4) is 0 Å². The molecule has 0 aliphatic rings. The van der Waals surface area contributed by atoms with E-state index in [1.54, 1.807) is 12.1 Å². The van der Waals surface area contributed by atoms with E-state index >= 15 is 0 Å². The van der Waals surface area contributed by atoms with Crippen molar-refractivity contribution < 1.29 is 47.0 Å². The van der Waals surface area contributed by atoms with E-state index in [0.29, 0.717) is 11.1 Å². The molecule has 0 aromatic heterocycles. The Bertz CT molecular complexity index is 1440. The molecule has 2 aromatic carbocycles. The molecule has 0 saturated carbocycles. The third kappa shape index (κ3) is 12.5. The summed E-state index contributed by atoms with van der Waals surface area (Å²) in [4.78, 5) is 42.3. The Balaban J connectivity index is 2.31. The number of carbonyl (C=O) groups excluding carboxylic acids is 1. The van der Waals surface area contributed by atoms with Crippen LogP contribution in [0.2, 0.25) is 18.1 Å². The summed E-state index contributed by atoms with van der Waals surface area (Å²) < 4.78 is 41.3. The van der Waals surface area contributed by atoms with E-state index in [1.165, 1.54) is 12.1 Å². The average Bonchev–Trinajstić information content (AvgIpc) is 2.94. The summed E-state index contributed by atoms with van der Waals surface area (Å²) in [6.45, 7) is 9.69. The lowest BCUT2D eigenvalue weighted by Gasteiger charge is -2.36. The van der Waals surface area contributed by atoms with Crippen LogP contribution >= 0.6 is 0 Å². The molecule has 0 N–H and O–H groups in total. The Morgan fingerprint density at radius 2 is 1.47 bits per heavy atom. The molecule has 14 nitrogen and oxygen atoms in total. The highest BCUT2D eigenvalue weighted by Gasteiger charge is 2.37. The predicted molar refractivity (Wildman–Crippen MR) is 167 cm³/mol. The monoisotopic (exact) mass is 668 g/mol. The maximum absolute atomic E-state index is 12.6. The van der Waals surface area contributed by atoms with Crippen LogP contribution in [0.5, 0.6) is 0 Å². The molecular formula is C29H40N2O12SSi. The summed E-state index contributed by atoms with van der Waals surface area (Å²) in [7, 11) is -5.68. The smallest absolute Gasteiger partial charge is 0.434 e. The maximum Gasteiger partial charge on any atom is 0.508 e. The molecule has 0 spiro atoms. The van der Waals surface area contributed by atoms with Crippen LogP contribution in [-0.2, 0) is 33.4 Å². The Morgan fingerprint density at radius 1 is 0.889 bits per heavy atom. The van der Waals surface area contributed by atoms with Gasteiger partial charge in [-0.2, -0.15) is 0 Å². The average molecular weight is 669 g/mol. The second kappa shape index (κ2) is 16.3. The van der Waals surface area contributed by atoms with Gasteiger partial charge < -0.3 is 23.6 Å². The fraction of sp³-hybridized carbons (Fsp3) is 0.483. The van der Waals surface area contributed by atoms with Crippen LogP contribution in [0.1, 0.15) is 44.7 Å². The normalized spacial score (nSPS) is 13.3. The Hall–Kier alpha value is -4.02. The highest BCUT2D eigenvalue weighted by molar-refractivity contribution is 7.90. The van der Waals surface area contributed by atoms with E-state index < -0.39 is 47.2 Å². The minimum absolute atomic E-state index is 0.0666. The van der Waals surface area contributed by atoms with Crippen molar-refractivity contribution in [2.45, 2.75) is 62.7 Å². The van der Waals surface area contributed by atoms with Gasteiger partial charge >= 0.3 is 6.16 Å². The Morgan fingerprint density at radius 3 is 2.00 bits per heavy atom. The molecule has 0 amide bonds. The number of benzene rings is 2. The van der Waals surface area contributed by atoms with Gasteiger partial charge in [-0.05, 0) is 59.8 Å². The van der Waals surface area contributed by atoms with Crippen LogP contribution in [0, 0.1) is 20.2 Å². The molecule has 45 heavy (non-hydrogen) atoms. The zero-order valence-electron chi connectivity index (χ0n) is 26.2. The van der Waals surface area contributed by atoms with E-state index in [1.807, 2.05) is 30.3 Å². The fourth-order valence-corrected chi connectivity index (χ4v) is 5.34. The van der Waals surface area contributed by atoms with Crippen molar-refractivity contribution in [1.29, 1.82) is 0 Å². The molecule has 1 atom stereocenters. The number of nitrogens with zero attached hydrogens (tertiary/aromatic N) is 2. The SMILES string of the molecule is CC(C)(C)[Si](C)(C)OC/C(=C(\COC(=O)OCCCC(CO[N+](=O)[O-])O[N+](=O)[O-])c1ccc(S(C)(=O)=O)cc1)c1ccccc1. The standard InChI is InChI=1S/C29H40N2O12SSi/c1-29(2,3)45(5,6)42-21-27(22-11-8-7-9-12-22)26(23-14-16-25(17-15-23)44(4,37)38)20-40-28(32)39-18-10-13-24(43-31(35)36)19-41-30(33)34/h7-9,11-12,14-17,24H,10,13,18-21H2,1-6H3/b27-26-. The molecule has 1 unspecified atom stereocenters. The van der Waals surface area contributed by atoms with Gasteiger partial charge in [-0.25, -0.2) is 13.2 Å². The Labute approximate surface area is 263 Å². The molecular weight excluding hydrogens is 628 g/mol. The molecule has 0 heterocycles. The lowest BCUT2D eigenvalue weighted by atomic mass is 9.95. The molecule has 0 saturated heterocycles. The van der Waals surface area contributed by atoms with Crippen LogP contribution in [0.4, 0.5) is 4.79 Å². The van der Waals surface area contributed by atoms with Gasteiger partial charge in [0.25, 0.3) is 10.2 Å². The van der Waals surface area contributed by atoms with Crippen molar-refractivity contribution >= 4 is 35.5 Å². The first kappa shape index (κ1) is 37.2. The predicted octanol–water partition coefficient (Wildman–Crippen LogP) is 5.74. The summed E-state index contributed by atoms with van der Waals surface area (Å²) in [5.74, 6) is 0. The minimum atomic E-state index is -3.45. The van der Waals surface area contributed by atoms with E-state index in [-0.39, 0.29) is 42.6 Å². The van der Waals surface area contributed by atoms with Crippen molar-refractivity contribution in [3.63, 3.8) is 0 Å². The quantitative estimate of drug-likeness (QED) is 0.0498. The van der Waals surface area contributed by atoms with E-state index in [9.17, 15) is 33.4 Å². The molecule has 0 aliphatic heterocycles. The van der Waals surface area contributed by atoms with Crippen LogP contribution in [0.15, 0.2) is 59.5 Å². The number of hydrogen-bond donors (Lipinski definition) is 0. The number of sulfone groups is 1. The van der Waals surface area contributed by atoms with Gasteiger partial charge in [0.1, 0.15) is 19.3 Å². The lowest BCUT2D eigenvalue weighted by molar-refractivity contribution is -0.790. The van der Waals surface area contributed by atoms with Crippen molar-refractivity contribution in [1.82, 2.24) is 0 Å². The number of carbonyl (C=O) groups is 1. The van der Waals surface area contributed by atoms with Gasteiger partial charge in [0.05, 0.1) is 18.1 Å². The van der Waals surface area contributed by atoms with E-state index in [0.717, 1.165) is 17.4 Å². The van der Waals surface area contributed by atoms with E-state index in [2.05, 4.69) is 43.5 Å². The van der Waals surface area contributed by atoms with Crippen LogP contribution in [-0.4, -0.2) is 71.9 Å². The number of rotatable bonds is 17. The van der Waals surface area contributed by atoms with Gasteiger partial charge in [0.15, 0.2) is 18.2 Å². The summed E-state index contributed by atoms with van der Waals surface area (Å²) in [6, 6.07) is 15.6. The molecule has 0 bridgehead atoms. The number of ether oxygens (including phenoxy) is 2. The molecule has 2 aromatic rings. The van der Waals surface area contributed by atoms with Crippen LogP contribution < -0.4 is 0 Å². The summed E-state index contributed by atoms with van der Waals surface area (Å²) >= 11 is 0. The second-order valence-corrected chi connectivity index (χ2v) is 18.5. The van der Waals surface area contributed by atoms with Crippen molar-refractivity contribution in [3.05, 3.63) is 86.0 Å². The van der Waals surface area contributed by atoms with Gasteiger partial charge in [-0.15, -0.1) is 20.2 Å². The molecule has 0 radical (unpaired) electrons. The molecule has 0 fully saturated rings. The lowest BCUT2D eigenvalue weighted by Crippen LogP contribution is -2.41. The maximum atomic E-state index is 12.6. The van der Waals surface area contributed by atoms with Crippen LogP contribution in [0.25, 0.3) is 11.1 Å². The summed E-state index contributed by atoms with van der Waals surface area (Å²) in [5, 5.41) is 18.8.